The number of carbonyl (C=O) groups excluding carboxylic acids is 1. The third-order valence-corrected chi connectivity index (χ3v) is 4.08. The maximum atomic E-state index is 11.9. The second kappa shape index (κ2) is 8.72. The van der Waals surface area contributed by atoms with Gasteiger partial charge in [-0.1, -0.05) is 5.92 Å². The number of amides is 2. The lowest BCUT2D eigenvalue weighted by Crippen LogP contribution is -2.55. The molecule has 0 bridgehead atoms. The van der Waals surface area contributed by atoms with Crippen molar-refractivity contribution in [1.29, 1.82) is 0 Å². The van der Waals surface area contributed by atoms with Crippen molar-refractivity contribution in [3.63, 3.8) is 0 Å². The van der Waals surface area contributed by atoms with E-state index in [0.29, 0.717) is 38.5 Å². The number of carboxylic acid groups (broad SMARTS) is 1. The Morgan fingerprint density at radius 1 is 1.40 bits per heavy atom. The maximum Gasteiger partial charge on any atom is 0.320 e. The molecule has 2 N–H and O–H groups in total. The Kier molecular flexibility index (Phi) is 7.26. The molecule has 1 saturated heterocycles. The van der Waals surface area contributed by atoms with Crippen molar-refractivity contribution in [3.05, 3.63) is 0 Å². The van der Waals surface area contributed by atoms with Gasteiger partial charge in [0.15, 0.2) is 0 Å². The SMILES string of the molecule is C#CCSCCNC(=O)N1CCN(C(C)C(=O)O)CC1. The zero-order chi connectivity index (χ0) is 15.0. The number of piperazine rings is 1. The first kappa shape index (κ1) is 16.7. The molecule has 1 aliphatic heterocycles. The predicted octanol–water partition coefficient (Wildman–Crippen LogP) is 0.153. The molecule has 0 aliphatic carbocycles. The van der Waals surface area contributed by atoms with Crippen LogP contribution in [0.15, 0.2) is 0 Å². The molecule has 112 valence electrons. The third-order valence-electron chi connectivity index (χ3n) is 3.21. The summed E-state index contributed by atoms with van der Waals surface area (Å²) < 4.78 is 0. The van der Waals surface area contributed by atoms with Gasteiger partial charge < -0.3 is 15.3 Å². The molecule has 6 nitrogen and oxygen atoms in total. The van der Waals surface area contributed by atoms with Crippen molar-refractivity contribution in [2.75, 3.05) is 44.2 Å². The van der Waals surface area contributed by atoms with Crippen LogP contribution in [0.2, 0.25) is 0 Å². The van der Waals surface area contributed by atoms with Crippen LogP contribution in [0.3, 0.4) is 0 Å². The first-order chi connectivity index (χ1) is 9.56. The van der Waals surface area contributed by atoms with Crippen molar-refractivity contribution in [1.82, 2.24) is 15.1 Å². The van der Waals surface area contributed by atoms with Gasteiger partial charge in [-0.05, 0) is 6.92 Å². The molecular weight excluding hydrogens is 278 g/mol. The van der Waals surface area contributed by atoms with Crippen LogP contribution in [0, 0.1) is 12.3 Å². The summed E-state index contributed by atoms with van der Waals surface area (Å²) in [6, 6.07) is -0.589. The number of hydrogen-bond acceptors (Lipinski definition) is 4. The van der Waals surface area contributed by atoms with E-state index < -0.39 is 12.0 Å². The van der Waals surface area contributed by atoms with Crippen molar-refractivity contribution >= 4 is 23.8 Å². The van der Waals surface area contributed by atoms with Crippen LogP contribution in [0.4, 0.5) is 4.79 Å². The summed E-state index contributed by atoms with van der Waals surface area (Å²) in [6.07, 6.45) is 5.13. The van der Waals surface area contributed by atoms with Gasteiger partial charge in [0, 0.05) is 38.5 Å². The summed E-state index contributed by atoms with van der Waals surface area (Å²) in [7, 11) is 0. The first-order valence-corrected chi connectivity index (χ1v) is 7.72. The van der Waals surface area contributed by atoms with Crippen LogP contribution in [0.5, 0.6) is 0 Å². The van der Waals surface area contributed by atoms with Gasteiger partial charge in [0.2, 0.25) is 0 Å². The molecule has 1 unspecified atom stereocenters. The normalized spacial score (nSPS) is 17.3. The number of urea groups is 1. The Morgan fingerprint density at radius 3 is 2.60 bits per heavy atom. The smallest absolute Gasteiger partial charge is 0.320 e. The number of carboxylic acids is 1. The minimum absolute atomic E-state index is 0.0889. The van der Waals surface area contributed by atoms with E-state index in [1.807, 2.05) is 4.90 Å². The topological polar surface area (TPSA) is 72.9 Å². The van der Waals surface area contributed by atoms with Gasteiger partial charge in [-0.3, -0.25) is 9.69 Å². The van der Waals surface area contributed by atoms with E-state index in [1.54, 1.807) is 23.6 Å². The highest BCUT2D eigenvalue weighted by Crippen LogP contribution is 2.06. The van der Waals surface area contributed by atoms with E-state index in [0.717, 1.165) is 5.75 Å². The molecule has 1 atom stereocenters. The third kappa shape index (κ3) is 5.31. The number of nitrogens with one attached hydrogen (secondary N) is 1. The molecule has 2 amide bonds. The standard InChI is InChI=1S/C13H21N3O3S/c1-3-9-20-10-4-14-13(19)16-7-5-15(6-8-16)11(2)12(17)18/h1,11H,4-10H2,2H3,(H,14,19)(H,17,18). The largest absolute Gasteiger partial charge is 0.480 e. The molecule has 1 rings (SSSR count). The molecule has 20 heavy (non-hydrogen) atoms. The van der Waals surface area contributed by atoms with Crippen LogP contribution in [0.1, 0.15) is 6.92 Å². The first-order valence-electron chi connectivity index (χ1n) is 6.57. The van der Waals surface area contributed by atoms with E-state index in [1.165, 1.54) is 0 Å². The second-order valence-corrected chi connectivity index (χ2v) is 5.63. The fourth-order valence-electron chi connectivity index (χ4n) is 1.94. The highest BCUT2D eigenvalue weighted by Gasteiger charge is 2.26. The molecule has 0 saturated carbocycles. The monoisotopic (exact) mass is 299 g/mol. The van der Waals surface area contributed by atoms with Gasteiger partial charge >= 0.3 is 12.0 Å². The van der Waals surface area contributed by atoms with Crippen LogP contribution in [-0.4, -0.2) is 77.2 Å². The number of thioether (sulfide) groups is 1. The zero-order valence-corrected chi connectivity index (χ0v) is 12.5. The number of rotatable bonds is 6. The summed E-state index contributed by atoms with van der Waals surface area (Å²) in [6.45, 7) is 4.55. The van der Waals surface area contributed by atoms with E-state index in [4.69, 9.17) is 11.5 Å². The highest BCUT2D eigenvalue weighted by atomic mass is 32.2. The number of terminal acetylenes is 1. The average molecular weight is 299 g/mol. The minimum Gasteiger partial charge on any atom is -0.480 e. The number of nitrogens with zero attached hydrogens (tertiary/aromatic N) is 2. The molecule has 1 heterocycles. The van der Waals surface area contributed by atoms with Crippen LogP contribution in [-0.2, 0) is 4.79 Å². The average Bonchev–Trinajstić information content (AvgIpc) is 2.46. The quantitative estimate of drug-likeness (QED) is 0.540. The maximum absolute atomic E-state index is 11.9. The van der Waals surface area contributed by atoms with E-state index >= 15 is 0 Å². The van der Waals surface area contributed by atoms with E-state index in [-0.39, 0.29) is 6.03 Å². The van der Waals surface area contributed by atoms with Crippen molar-refractivity contribution in [2.45, 2.75) is 13.0 Å². The Morgan fingerprint density at radius 2 is 2.05 bits per heavy atom. The summed E-state index contributed by atoms with van der Waals surface area (Å²) in [5.41, 5.74) is 0. The second-order valence-electron chi connectivity index (χ2n) is 4.53. The van der Waals surface area contributed by atoms with Crippen molar-refractivity contribution in [2.24, 2.45) is 0 Å². The van der Waals surface area contributed by atoms with E-state index in [2.05, 4.69) is 11.2 Å². The molecule has 1 fully saturated rings. The van der Waals surface area contributed by atoms with Crippen molar-refractivity contribution < 1.29 is 14.7 Å². The zero-order valence-electron chi connectivity index (χ0n) is 11.7. The number of hydrogen-bond donors (Lipinski definition) is 2. The number of carbonyl (C=O) groups is 2. The molecule has 0 aromatic rings. The van der Waals surface area contributed by atoms with Gasteiger partial charge in [0.05, 0.1) is 5.75 Å². The van der Waals surface area contributed by atoms with Crippen LogP contribution < -0.4 is 5.32 Å². The van der Waals surface area contributed by atoms with Crippen molar-refractivity contribution in [3.8, 4) is 12.3 Å². The molecule has 0 aromatic heterocycles. The molecule has 1 aliphatic rings. The summed E-state index contributed by atoms with van der Waals surface area (Å²) in [5.74, 6) is 3.16. The van der Waals surface area contributed by atoms with Gasteiger partial charge in [0.1, 0.15) is 6.04 Å². The van der Waals surface area contributed by atoms with Gasteiger partial charge in [-0.2, -0.15) is 0 Å². The minimum atomic E-state index is -0.826. The Bertz CT molecular complexity index is 376. The lowest BCUT2D eigenvalue weighted by Gasteiger charge is -2.36. The fourth-order valence-corrected chi connectivity index (χ4v) is 2.45. The van der Waals surface area contributed by atoms with E-state index in [9.17, 15) is 9.59 Å². The van der Waals surface area contributed by atoms with Gasteiger partial charge in [0.25, 0.3) is 0 Å². The lowest BCUT2D eigenvalue weighted by atomic mass is 10.2. The molecule has 0 spiro atoms. The van der Waals surface area contributed by atoms with Crippen LogP contribution in [0.25, 0.3) is 0 Å². The van der Waals surface area contributed by atoms with Crippen LogP contribution >= 0.6 is 11.8 Å². The lowest BCUT2D eigenvalue weighted by molar-refractivity contribution is -0.143. The molecule has 0 radical (unpaired) electrons. The summed E-state index contributed by atoms with van der Waals surface area (Å²) >= 11 is 1.61. The predicted molar refractivity (Wildman–Crippen MR) is 79.8 cm³/mol. The Hall–Kier alpha value is -1.39. The Balaban J connectivity index is 2.22. The molecule has 0 aromatic carbocycles. The fraction of sp³-hybridized carbons (Fsp3) is 0.692. The molecule has 7 heteroatoms. The van der Waals surface area contributed by atoms with Gasteiger partial charge in [-0.15, -0.1) is 18.2 Å². The molecular formula is C13H21N3O3S. The Labute approximate surface area is 123 Å². The summed E-state index contributed by atoms with van der Waals surface area (Å²) in [5, 5.41) is 11.8. The van der Waals surface area contributed by atoms with Gasteiger partial charge in [-0.25, -0.2) is 4.79 Å². The highest BCUT2D eigenvalue weighted by molar-refractivity contribution is 7.99. The number of aliphatic carboxylic acids is 1. The summed E-state index contributed by atoms with van der Waals surface area (Å²) in [4.78, 5) is 26.4.